The largest absolute Gasteiger partial charge is 0.0622 e. The van der Waals surface area contributed by atoms with Crippen molar-refractivity contribution in [1.82, 2.24) is 0 Å². The highest BCUT2D eigenvalue weighted by Crippen LogP contribution is 2.39. The van der Waals surface area contributed by atoms with Gasteiger partial charge in [-0.2, -0.15) is 0 Å². The van der Waals surface area contributed by atoms with Crippen LogP contribution in [0.3, 0.4) is 0 Å². The third kappa shape index (κ3) is 1.91. The molecule has 0 unspecified atom stereocenters. The molecular formula is C20H19. The van der Waals surface area contributed by atoms with E-state index in [0.717, 1.165) is 6.42 Å². The minimum absolute atomic E-state index is 1.05. The summed E-state index contributed by atoms with van der Waals surface area (Å²) in [5.74, 6) is 0. The number of aryl methyl sites for hydroxylation is 2. The molecule has 0 amide bonds. The lowest BCUT2D eigenvalue weighted by atomic mass is 9.95. The van der Waals surface area contributed by atoms with Gasteiger partial charge in [-0.3, -0.25) is 0 Å². The highest BCUT2D eigenvalue weighted by atomic mass is 14.3. The van der Waals surface area contributed by atoms with Gasteiger partial charge in [-0.15, -0.1) is 0 Å². The summed E-state index contributed by atoms with van der Waals surface area (Å²) in [5, 5.41) is 0. The molecule has 0 saturated carbocycles. The van der Waals surface area contributed by atoms with Gasteiger partial charge in [0.05, 0.1) is 0 Å². The Kier molecular flexibility index (Phi) is 2.77. The average molecular weight is 259 g/mol. The third-order valence-corrected chi connectivity index (χ3v) is 4.66. The van der Waals surface area contributed by atoms with Crippen LogP contribution in [0.15, 0.2) is 48.0 Å². The zero-order chi connectivity index (χ0) is 13.5. The van der Waals surface area contributed by atoms with Gasteiger partial charge in [-0.05, 0) is 66.0 Å². The van der Waals surface area contributed by atoms with Crippen molar-refractivity contribution in [2.24, 2.45) is 0 Å². The Morgan fingerprint density at radius 1 is 0.950 bits per heavy atom. The van der Waals surface area contributed by atoms with E-state index in [1.165, 1.54) is 47.1 Å². The lowest BCUT2D eigenvalue weighted by molar-refractivity contribution is 0.911. The summed E-state index contributed by atoms with van der Waals surface area (Å²) in [6.45, 7) is 2.25. The number of hydrogen-bond donors (Lipinski definition) is 0. The van der Waals surface area contributed by atoms with Crippen LogP contribution >= 0.6 is 0 Å². The van der Waals surface area contributed by atoms with E-state index in [4.69, 9.17) is 0 Å². The van der Waals surface area contributed by atoms with Crippen LogP contribution in [0.2, 0.25) is 0 Å². The Balaban J connectivity index is 1.74. The van der Waals surface area contributed by atoms with Gasteiger partial charge in [0.25, 0.3) is 0 Å². The van der Waals surface area contributed by atoms with Crippen LogP contribution in [0, 0.1) is 6.42 Å². The van der Waals surface area contributed by atoms with E-state index >= 15 is 0 Å². The van der Waals surface area contributed by atoms with Gasteiger partial charge in [0.2, 0.25) is 0 Å². The maximum Gasteiger partial charge on any atom is 0.0164 e. The molecule has 0 heterocycles. The zero-order valence-corrected chi connectivity index (χ0v) is 11.9. The topological polar surface area (TPSA) is 0 Å². The first-order valence-corrected chi connectivity index (χ1v) is 7.56. The van der Waals surface area contributed by atoms with Crippen molar-refractivity contribution in [2.75, 3.05) is 0 Å². The Bertz CT molecular complexity index is 689. The summed E-state index contributed by atoms with van der Waals surface area (Å²) in [6.07, 6.45) is 7.28. The summed E-state index contributed by atoms with van der Waals surface area (Å²) < 4.78 is 0. The van der Waals surface area contributed by atoms with E-state index in [9.17, 15) is 0 Å². The van der Waals surface area contributed by atoms with Crippen LogP contribution in [-0.4, -0.2) is 0 Å². The summed E-state index contributed by atoms with van der Waals surface area (Å²) in [7, 11) is 0. The summed E-state index contributed by atoms with van der Waals surface area (Å²) in [6, 6.07) is 15.7. The molecule has 0 saturated heterocycles. The summed E-state index contributed by atoms with van der Waals surface area (Å²) in [5.41, 5.74) is 10.4. The predicted octanol–water partition coefficient (Wildman–Crippen LogP) is 4.76. The second kappa shape index (κ2) is 4.63. The van der Waals surface area contributed by atoms with Gasteiger partial charge in [0.15, 0.2) is 0 Å². The molecule has 0 fully saturated rings. The number of benzene rings is 2. The summed E-state index contributed by atoms with van der Waals surface area (Å²) >= 11 is 0. The molecule has 0 heteroatoms. The average Bonchev–Trinajstić information content (AvgIpc) is 3.03. The second-order valence-electron chi connectivity index (χ2n) is 6.03. The molecule has 2 aliphatic carbocycles. The smallest absolute Gasteiger partial charge is 0.0164 e. The SMILES string of the molecule is CC1=C(Cc2ccccc2)c2cc3c(cc2[CH]1)CCC3. The number of rotatable bonds is 2. The molecule has 2 aromatic rings. The molecule has 0 N–H and O–H groups in total. The molecule has 1 radical (unpaired) electrons. The summed E-state index contributed by atoms with van der Waals surface area (Å²) in [4.78, 5) is 0. The van der Waals surface area contributed by atoms with Crippen LogP contribution in [-0.2, 0) is 19.3 Å². The van der Waals surface area contributed by atoms with E-state index < -0.39 is 0 Å². The minimum Gasteiger partial charge on any atom is -0.0622 e. The molecule has 0 atom stereocenters. The number of allylic oxidation sites excluding steroid dienone is 2. The van der Waals surface area contributed by atoms with E-state index in [1.807, 2.05) is 0 Å². The highest BCUT2D eigenvalue weighted by molar-refractivity contribution is 5.82. The van der Waals surface area contributed by atoms with Crippen LogP contribution in [0.5, 0.6) is 0 Å². The maximum absolute atomic E-state index is 2.46. The molecule has 2 aliphatic rings. The van der Waals surface area contributed by atoms with E-state index in [1.54, 1.807) is 11.1 Å². The van der Waals surface area contributed by atoms with E-state index in [2.05, 4.69) is 55.8 Å². The van der Waals surface area contributed by atoms with Crippen LogP contribution in [0.25, 0.3) is 5.57 Å². The van der Waals surface area contributed by atoms with Crippen molar-refractivity contribution in [3.8, 4) is 0 Å². The lowest BCUT2D eigenvalue weighted by Crippen LogP contribution is -1.93. The molecule has 0 nitrogen and oxygen atoms in total. The molecular weight excluding hydrogens is 240 g/mol. The first-order valence-electron chi connectivity index (χ1n) is 7.56. The number of hydrogen-bond acceptors (Lipinski definition) is 0. The van der Waals surface area contributed by atoms with E-state index in [-0.39, 0.29) is 0 Å². The zero-order valence-electron chi connectivity index (χ0n) is 11.9. The molecule has 0 aromatic heterocycles. The molecule has 2 aromatic carbocycles. The molecule has 99 valence electrons. The van der Waals surface area contributed by atoms with Crippen molar-refractivity contribution in [1.29, 1.82) is 0 Å². The number of fused-ring (bicyclic) bond motifs is 2. The first kappa shape index (κ1) is 12.0. The van der Waals surface area contributed by atoms with Gasteiger partial charge in [0.1, 0.15) is 0 Å². The van der Waals surface area contributed by atoms with Gasteiger partial charge in [0, 0.05) is 6.42 Å². The fourth-order valence-corrected chi connectivity index (χ4v) is 3.59. The Labute approximate surface area is 121 Å². The monoisotopic (exact) mass is 259 g/mol. The van der Waals surface area contributed by atoms with Crippen LogP contribution < -0.4 is 0 Å². The van der Waals surface area contributed by atoms with Gasteiger partial charge < -0.3 is 0 Å². The quantitative estimate of drug-likeness (QED) is 0.729. The standard InChI is InChI=1S/C20H19/c1-14-10-18-12-16-8-5-9-17(16)13-20(18)19(14)11-15-6-3-2-4-7-15/h2-4,6-7,10,12-13H,5,8-9,11H2,1H3. The van der Waals surface area contributed by atoms with Crippen molar-refractivity contribution in [3.63, 3.8) is 0 Å². The fourth-order valence-electron chi connectivity index (χ4n) is 3.59. The van der Waals surface area contributed by atoms with Crippen molar-refractivity contribution >= 4 is 5.57 Å². The van der Waals surface area contributed by atoms with Crippen LogP contribution in [0.1, 0.15) is 41.2 Å². The lowest BCUT2D eigenvalue weighted by Gasteiger charge is -2.10. The Hall–Kier alpha value is -1.82. The molecule has 4 rings (SSSR count). The molecule has 0 bridgehead atoms. The maximum atomic E-state index is 2.46. The minimum atomic E-state index is 1.05. The first-order chi connectivity index (χ1) is 9.81. The third-order valence-electron chi connectivity index (χ3n) is 4.66. The second-order valence-corrected chi connectivity index (χ2v) is 6.03. The Morgan fingerprint density at radius 3 is 2.50 bits per heavy atom. The van der Waals surface area contributed by atoms with E-state index in [0.29, 0.717) is 0 Å². The van der Waals surface area contributed by atoms with Gasteiger partial charge >= 0.3 is 0 Å². The van der Waals surface area contributed by atoms with Gasteiger partial charge in [-0.1, -0.05) is 48.0 Å². The molecule has 0 spiro atoms. The van der Waals surface area contributed by atoms with Crippen LogP contribution in [0.4, 0.5) is 0 Å². The molecule has 20 heavy (non-hydrogen) atoms. The van der Waals surface area contributed by atoms with Gasteiger partial charge in [-0.25, -0.2) is 0 Å². The normalized spacial score (nSPS) is 16.4. The van der Waals surface area contributed by atoms with Crippen molar-refractivity contribution in [2.45, 2.75) is 32.6 Å². The van der Waals surface area contributed by atoms with Crippen molar-refractivity contribution in [3.05, 3.63) is 82.3 Å². The predicted molar refractivity (Wildman–Crippen MR) is 84.6 cm³/mol. The fraction of sp³-hybridized carbons (Fsp3) is 0.250. The highest BCUT2D eigenvalue weighted by Gasteiger charge is 2.23. The molecule has 0 aliphatic heterocycles. The van der Waals surface area contributed by atoms with Crippen molar-refractivity contribution < 1.29 is 0 Å². The Morgan fingerprint density at radius 2 is 1.70 bits per heavy atom.